The summed E-state index contributed by atoms with van der Waals surface area (Å²) < 4.78 is 0. The molecule has 0 saturated carbocycles. The second kappa shape index (κ2) is 7.05. The highest BCUT2D eigenvalue weighted by molar-refractivity contribution is 7.99. The lowest BCUT2D eigenvalue weighted by Crippen LogP contribution is -2.17. The van der Waals surface area contributed by atoms with Gasteiger partial charge in [0.15, 0.2) is 0 Å². The molecule has 1 rings (SSSR count). The molecule has 0 heterocycles. The molecule has 0 aliphatic heterocycles. The summed E-state index contributed by atoms with van der Waals surface area (Å²) in [5, 5.41) is 14.1. The predicted molar refractivity (Wildman–Crippen MR) is 72.4 cm³/mol. The summed E-state index contributed by atoms with van der Waals surface area (Å²) in [5.41, 5.74) is 0.851. The van der Waals surface area contributed by atoms with Gasteiger partial charge in [-0.25, -0.2) is 0 Å². The number of para-hydroxylation sites is 1. The number of phenolic OH excluding ortho intramolecular Hbond substituents is 1. The van der Waals surface area contributed by atoms with Gasteiger partial charge in [-0.05, 0) is 25.3 Å². The van der Waals surface area contributed by atoms with E-state index in [4.69, 9.17) is 11.6 Å². The van der Waals surface area contributed by atoms with Crippen molar-refractivity contribution in [2.24, 2.45) is 0 Å². The molecule has 0 spiro atoms. The average molecular weight is 260 g/mol. The van der Waals surface area contributed by atoms with Gasteiger partial charge in [-0.2, -0.15) is 11.8 Å². The minimum atomic E-state index is 0.189. The summed E-state index contributed by atoms with van der Waals surface area (Å²) in [6.45, 7) is 3.82. The number of hydrogen-bond donors (Lipinski definition) is 2. The Morgan fingerprint density at radius 3 is 2.94 bits per heavy atom. The van der Waals surface area contributed by atoms with Crippen LogP contribution in [0.25, 0.3) is 0 Å². The summed E-state index contributed by atoms with van der Waals surface area (Å²) in [6.07, 6.45) is 3.25. The fourth-order valence-corrected chi connectivity index (χ4v) is 1.90. The van der Waals surface area contributed by atoms with E-state index in [1.807, 2.05) is 23.9 Å². The average Bonchev–Trinajstić information content (AvgIpc) is 2.29. The van der Waals surface area contributed by atoms with Crippen molar-refractivity contribution in [1.29, 1.82) is 0 Å². The third-order valence-electron chi connectivity index (χ3n) is 2.52. The molecule has 2 nitrogen and oxygen atoms in total. The fourth-order valence-electron chi connectivity index (χ4n) is 1.35. The Morgan fingerprint density at radius 1 is 1.50 bits per heavy atom. The van der Waals surface area contributed by atoms with Gasteiger partial charge < -0.3 is 10.4 Å². The minimum absolute atomic E-state index is 0.189. The monoisotopic (exact) mass is 259 g/mol. The lowest BCUT2D eigenvalue weighted by molar-refractivity contribution is 0.464. The Kier molecular flexibility index (Phi) is 6.03. The zero-order chi connectivity index (χ0) is 12.0. The van der Waals surface area contributed by atoms with Crippen molar-refractivity contribution in [1.82, 2.24) is 5.32 Å². The first-order valence-corrected chi connectivity index (χ1v) is 7.01. The van der Waals surface area contributed by atoms with E-state index in [-0.39, 0.29) is 5.75 Å². The highest BCUT2D eigenvalue weighted by Crippen LogP contribution is 2.26. The third kappa shape index (κ3) is 4.24. The van der Waals surface area contributed by atoms with Crippen LogP contribution in [0.3, 0.4) is 0 Å². The Morgan fingerprint density at radius 2 is 2.25 bits per heavy atom. The van der Waals surface area contributed by atoms with Gasteiger partial charge in [0, 0.05) is 17.4 Å². The molecule has 2 N–H and O–H groups in total. The molecule has 16 heavy (non-hydrogen) atoms. The maximum atomic E-state index is 9.68. The Bertz CT molecular complexity index is 333. The number of benzene rings is 1. The predicted octanol–water partition coefficient (Wildman–Crippen LogP) is 3.28. The van der Waals surface area contributed by atoms with E-state index in [1.165, 1.54) is 0 Å². The SMILES string of the molecule is CSC(C)CCNCc1cccc(Cl)c1O. The summed E-state index contributed by atoms with van der Waals surface area (Å²) in [6, 6.07) is 5.42. The van der Waals surface area contributed by atoms with Crippen molar-refractivity contribution in [3.63, 3.8) is 0 Å². The van der Waals surface area contributed by atoms with Crippen LogP contribution in [0.4, 0.5) is 0 Å². The molecule has 0 fully saturated rings. The molecule has 0 aliphatic rings. The van der Waals surface area contributed by atoms with Gasteiger partial charge in [0.2, 0.25) is 0 Å². The molecule has 0 amide bonds. The number of nitrogens with one attached hydrogen (secondary N) is 1. The van der Waals surface area contributed by atoms with Crippen molar-refractivity contribution in [2.45, 2.75) is 25.1 Å². The van der Waals surface area contributed by atoms with Crippen molar-refractivity contribution in [2.75, 3.05) is 12.8 Å². The van der Waals surface area contributed by atoms with Gasteiger partial charge in [-0.3, -0.25) is 0 Å². The Labute approximate surface area is 106 Å². The quantitative estimate of drug-likeness (QED) is 0.769. The van der Waals surface area contributed by atoms with Crippen molar-refractivity contribution >= 4 is 23.4 Å². The summed E-state index contributed by atoms with van der Waals surface area (Å²) in [5.74, 6) is 0.189. The summed E-state index contributed by atoms with van der Waals surface area (Å²) in [4.78, 5) is 0. The van der Waals surface area contributed by atoms with Gasteiger partial charge in [0.25, 0.3) is 0 Å². The second-order valence-corrected chi connectivity index (χ2v) is 5.44. The van der Waals surface area contributed by atoms with Crippen LogP contribution in [-0.2, 0) is 6.54 Å². The van der Waals surface area contributed by atoms with Crippen molar-refractivity contribution < 1.29 is 5.11 Å². The van der Waals surface area contributed by atoms with Crippen molar-refractivity contribution in [3.05, 3.63) is 28.8 Å². The van der Waals surface area contributed by atoms with Crippen LogP contribution in [0.1, 0.15) is 18.9 Å². The number of phenols is 1. The lowest BCUT2D eigenvalue weighted by atomic mass is 10.2. The van der Waals surface area contributed by atoms with Crippen LogP contribution in [0.2, 0.25) is 5.02 Å². The van der Waals surface area contributed by atoms with Gasteiger partial charge in [-0.1, -0.05) is 30.7 Å². The number of hydrogen-bond acceptors (Lipinski definition) is 3. The first-order valence-electron chi connectivity index (χ1n) is 5.35. The minimum Gasteiger partial charge on any atom is -0.506 e. The molecular weight excluding hydrogens is 242 g/mol. The molecule has 1 atom stereocenters. The molecule has 90 valence electrons. The first-order chi connectivity index (χ1) is 7.65. The fraction of sp³-hybridized carbons (Fsp3) is 0.500. The number of aromatic hydroxyl groups is 1. The smallest absolute Gasteiger partial charge is 0.138 e. The Hall–Kier alpha value is -0.380. The van der Waals surface area contributed by atoms with Crippen LogP contribution < -0.4 is 5.32 Å². The van der Waals surface area contributed by atoms with E-state index in [0.29, 0.717) is 16.8 Å². The van der Waals surface area contributed by atoms with Crippen molar-refractivity contribution in [3.8, 4) is 5.75 Å². The molecule has 1 unspecified atom stereocenters. The molecule has 4 heteroatoms. The van der Waals surface area contributed by atoms with Gasteiger partial charge >= 0.3 is 0 Å². The normalized spacial score (nSPS) is 12.7. The number of thioether (sulfide) groups is 1. The van der Waals surface area contributed by atoms with Crippen LogP contribution in [0.5, 0.6) is 5.75 Å². The highest BCUT2D eigenvalue weighted by atomic mass is 35.5. The zero-order valence-electron chi connectivity index (χ0n) is 9.66. The van der Waals surface area contributed by atoms with Gasteiger partial charge in [0.1, 0.15) is 5.75 Å². The molecular formula is C12H18ClNOS. The van der Waals surface area contributed by atoms with Crippen LogP contribution in [0, 0.1) is 0 Å². The first kappa shape index (κ1) is 13.7. The largest absolute Gasteiger partial charge is 0.506 e. The summed E-state index contributed by atoms with van der Waals surface area (Å²) >= 11 is 7.68. The lowest BCUT2D eigenvalue weighted by Gasteiger charge is -2.10. The topological polar surface area (TPSA) is 32.3 Å². The van der Waals surface area contributed by atoms with E-state index in [2.05, 4.69) is 18.5 Å². The van der Waals surface area contributed by atoms with E-state index < -0.39 is 0 Å². The molecule has 0 radical (unpaired) electrons. The van der Waals surface area contributed by atoms with E-state index in [0.717, 1.165) is 18.5 Å². The summed E-state index contributed by atoms with van der Waals surface area (Å²) in [7, 11) is 0. The highest BCUT2D eigenvalue weighted by Gasteiger charge is 2.04. The zero-order valence-corrected chi connectivity index (χ0v) is 11.2. The molecule has 1 aromatic carbocycles. The van der Waals surface area contributed by atoms with Crippen LogP contribution >= 0.6 is 23.4 Å². The second-order valence-electron chi connectivity index (χ2n) is 3.76. The van der Waals surface area contributed by atoms with E-state index in [9.17, 15) is 5.11 Å². The maximum absolute atomic E-state index is 9.68. The Balaban J connectivity index is 2.35. The molecule has 0 aliphatic carbocycles. The maximum Gasteiger partial charge on any atom is 0.138 e. The van der Waals surface area contributed by atoms with E-state index in [1.54, 1.807) is 6.07 Å². The molecule has 0 saturated heterocycles. The standard InChI is InChI=1S/C12H18ClNOS/c1-9(16-2)6-7-14-8-10-4-3-5-11(13)12(10)15/h3-5,9,14-15H,6-8H2,1-2H3. The van der Waals surface area contributed by atoms with Gasteiger partial charge in [0.05, 0.1) is 5.02 Å². The number of halogens is 1. The molecule has 1 aromatic rings. The molecule has 0 bridgehead atoms. The van der Waals surface area contributed by atoms with Crippen LogP contribution in [0.15, 0.2) is 18.2 Å². The van der Waals surface area contributed by atoms with E-state index >= 15 is 0 Å². The van der Waals surface area contributed by atoms with Gasteiger partial charge in [-0.15, -0.1) is 0 Å². The number of rotatable bonds is 6. The molecule has 0 aromatic heterocycles. The van der Waals surface area contributed by atoms with Crippen LogP contribution in [-0.4, -0.2) is 23.2 Å². The third-order valence-corrected chi connectivity index (χ3v) is 3.86.